The van der Waals surface area contributed by atoms with E-state index in [1.54, 1.807) is 12.5 Å². The summed E-state index contributed by atoms with van der Waals surface area (Å²) in [6, 6.07) is 5.87. The molecule has 0 saturated carbocycles. The summed E-state index contributed by atoms with van der Waals surface area (Å²) >= 11 is 0. The molecule has 0 bridgehead atoms. The molecule has 0 aliphatic rings. The van der Waals surface area contributed by atoms with Crippen LogP contribution in [0, 0.1) is 6.92 Å². The van der Waals surface area contributed by atoms with E-state index in [1.807, 2.05) is 32.2 Å². The van der Waals surface area contributed by atoms with Crippen LogP contribution in [0.25, 0.3) is 0 Å². The molecule has 74 valence electrons. The number of rotatable bonds is 3. The van der Waals surface area contributed by atoms with Gasteiger partial charge in [-0.2, -0.15) is 0 Å². The fourth-order valence-corrected chi connectivity index (χ4v) is 1.60. The van der Waals surface area contributed by atoms with Crippen LogP contribution in [0.4, 0.5) is 0 Å². The Hall–Kier alpha value is -1.48. The number of furan rings is 2. The van der Waals surface area contributed by atoms with Crippen molar-refractivity contribution >= 4 is 0 Å². The van der Waals surface area contributed by atoms with Crippen molar-refractivity contribution in [2.45, 2.75) is 13.0 Å². The molecule has 0 fully saturated rings. The van der Waals surface area contributed by atoms with Crippen molar-refractivity contribution in [1.82, 2.24) is 5.32 Å². The number of nitrogens with one attached hydrogen (secondary N) is 1. The van der Waals surface area contributed by atoms with E-state index < -0.39 is 0 Å². The smallest absolute Gasteiger partial charge is 0.125 e. The summed E-state index contributed by atoms with van der Waals surface area (Å²) in [5.74, 6) is 1.82. The van der Waals surface area contributed by atoms with Gasteiger partial charge in [-0.1, -0.05) is 0 Å². The van der Waals surface area contributed by atoms with Crippen molar-refractivity contribution in [1.29, 1.82) is 0 Å². The van der Waals surface area contributed by atoms with Crippen LogP contribution in [0.2, 0.25) is 0 Å². The number of aryl methyl sites for hydroxylation is 1. The summed E-state index contributed by atoms with van der Waals surface area (Å²) in [6.45, 7) is 1.95. The van der Waals surface area contributed by atoms with Gasteiger partial charge in [-0.3, -0.25) is 0 Å². The fraction of sp³-hybridized carbons (Fsp3) is 0.273. The molecule has 2 heterocycles. The van der Waals surface area contributed by atoms with Crippen LogP contribution in [0.15, 0.2) is 39.6 Å². The Bertz CT molecular complexity index is 389. The zero-order valence-corrected chi connectivity index (χ0v) is 8.28. The maximum atomic E-state index is 5.36. The first-order valence-corrected chi connectivity index (χ1v) is 4.57. The SMILES string of the molecule is CNC(c1ccco1)c1ccoc1C. The molecule has 0 spiro atoms. The second kappa shape index (κ2) is 3.72. The summed E-state index contributed by atoms with van der Waals surface area (Å²) in [6.07, 6.45) is 3.37. The summed E-state index contributed by atoms with van der Waals surface area (Å²) in [4.78, 5) is 0. The van der Waals surface area contributed by atoms with Gasteiger partial charge in [0.1, 0.15) is 11.5 Å². The third-order valence-electron chi connectivity index (χ3n) is 2.33. The Kier molecular flexibility index (Phi) is 2.41. The largest absolute Gasteiger partial charge is 0.469 e. The molecule has 0 aliphatic carbocycles. The summed E-state index contributed by atoms with van der Waals surface area (Å²) in [5.41, 5.74) is 1.11. The highest BCUT2D eigenvalue weighted by Gasteiger charge is 2.17. The lowest BCUT2D eigenvalue weighted by atomic mass is 10.1. The monoisotopic (exact) mass is 191 g/mol. The molecule has 3 heteroatoms. The molecule has 0 saturated heterocycles. The third-order valence-corrected chi connectivity index (χ3v) is 2.33. The van der Waals surface area contributed by atoms with Crippen LogP contribution in [0.3, 0.4) is 0 Å². The highest BCUT2D eigenvalue weighted by atomic mass is 16.3. The zero-order valence-electron chi connectivity index (χ0n) is 8.28. The van der Waals surface area contributed by atoms with Crippen LogP contribution in [0.5, 0.6) is 0 Å². The summed E-state index contributed by atoms with van der Waals surface area (Å²) in [7, 11) is 1.90. The Morgan fingerprint density at radius 1 is 1.21 bits per heavy atom. The molecule has 2 aromatic heterocycles. The predicted octanol–water partition coefficient (Wildman–Crippen LogP) is 2.49. The van der Waals surface area contributed by atoms with E-state index in [0.29, 0.717) is 0 Å². The van der Waals surface area contributed by atoms with Gasteiger partial charge in [0.15, 0.2) is 0 Å². The quantitative estimate of drug-likeness (QED) is 0.810. The van der Waals surface area contributed by atoms with Gasteiger partial charge >= 0.3 is 0 Å². The first-order valence-electron chi connectivity index (χ1n) is 4.57. The van der Waals surface area contributed by atoms with Gasteiger partial charge in [-0.15, -0.1) is 0 Å². The van der Waals surface area contributed by atoms with E-state index in [0.717, 1.165) is 17.1 Å². The van der Waals surface area contributed by atoms with Crippen molar-refractivity contribution in [2.75, 3.05) is 7.05 Å². The maximum absolute atomic E-state index is 5.36. The van der Waals surface area contributed by atoms with Gasteiger partial charge in [0.05, 0.1) is 18.6 Å². The summed E-state index contributed by atoms with van der Waals surface area (Å²) in [5, 5.41) is 3.19. The topological polar surface area (TPSA) is 38.3 Å². The normalized spacial score (nSPS) is 13.0. The first-order chi connectivity index (χ1) is 6.83. The lowest BCUT2D eigenvalue weighted by Crippen LogP contribution is -2.17. The predicted molar refractivity (Wildman–Crippen MR) is 53.1 cm³/mol. The second-order valence-electron chi connectivity index (χ2n) is 3.17. The van der Waals surface area contributed by atoms with E-state index in [1.165, 1.54) is 0 Å². The van der Waals surface area contributed by atoms with Crippen molar-refractivity contribution in [2.24, 2.45) is 0 Å². The van der Waals surface area contributed by atoms with Gasteiger partial charge < -0.3 is 14.2 Å². The molecule has 0 aromatic carbocycles. The van der Waals surface area contributed by atoms with Gasteiger partial charge in [-0.25, -0.2) is 0 Å². The van der Waals surface area contributed by atoms with Crippen molar-refractivity contribution in [3.05, 3.63) is 47.8 Å². The Morgan fingerprint density at radius 3 is 2.57 bits per heavy atom. The van der Waals surface area contributed by atoms with E-state index >= 15 is 0 Å². The van der Waals surface area contributed by atoms with E-state index in [9.17, 15) is 0 Å². The van der Waals surface area contributed by atoms with Crippen molar-refractivity contribution in [3.63, 3.8) is 0 Å². The minimum absolute atomic E-state index is 0.0729. The van der Waals surface area contributed by atoms with Crippen LogP contribution in [-0.4, -0.2) is 7.05 Å². The van der Waals surface area contributed by atoms with E-state index in [-0.39, 0.29) is 6.04 Å². The molecule has 2 rings (SSSR count). The van der Waals surface area contributed by atoms with E-state index in [4.69, 9.17) is 8.83 Å². The second-order valence-corrected chi connectivity index (χ2v) is 3.17. The lowest BCUT2D eigenvalue weighted by molar-refractivity contribution is 0.455. The highest BCUT2D eigenvalue weighted by Crippen LogP contribution is 2.25. The van der Waals surface area contributed by atoms with Crippen molar-refractivity contribution < 1.29 is 8.83 Å². The van der Waals surface area contributed by atoms with E-state index in [2.05, 4.69) is 5.32 Å². The molecular weight excluding hydrogens is 178 g/mol. The Balaban J connectivity index is 2.36. The molecule has 1 unspecified atom stereocenters. The zero-order chi connectivity index (χ0) is 9.97. The fourth-order valence-electron chi connectivity index (χ4n) is 1.60. The van der Waals surface area contributed by atoms with Crippen LogP contribution in [-0.2, 0) is 0 Å². The maximum Gasteiger partial charge on any atom is 0.125 e. The minimum atomic E-state index is 0.0729. The molecule has 3 nitrogen and oxygen atoms in total. The molecule has 14 heavy (non-hydrogen) atoms. The number of hydrogen-bond acceptors (Lipinski definition) is 3. The Labute approximate surface area is 82.7 Å². The standard InChI is InChI=1S/C11H13NO2/c1-8-9(5-7-13-8)11(12-2)10-4-3-6-14-10/h3-7,11-12H,1-2H3. The third kappa shape index (κ3) is 1.46. The first kappa shape index (κ1) is 9.09. The van der Waals surface area contributed by atoms with Crippen LogP contribution < -0.4 is 5.32 Å². The minimum Gasteiger partial charge on any atom is -0.469 e. The summed E-state index contributed by atoms with van der Waals surface area (Å²) < 4.78 is 10.6. The molecule has 1 atom stereocenters. The van der Waals surface area contributed by atoms with Gasteiger partial charge in [0.2, 0.25) is 0 Å². The van der Waals surface area contributed by atoms with Crippen LogP contribution in [0.1, 0.15) is 23.1 Å². The average Bonchev–Trinajstić information content (AvgIpc) is 2.80. The van der Waals surface area contributed by atoms with Gasteiger partial charge in [-0.05, 0) is 32.2 Å². The van der Waals surface area contributed by atoms with Gasteiger partial charge in [0.25, 0.3) is 0 Å². The molecule has 0 aliphatic heterocycles. The Morgan fingerprint density at radius 2 is 2.07 bits per heavy atom. The molecule has 0 amide bonds. The highest BCUT2D eigenvalue weighted by molar-refractivity contribution is 5.27. The lowest BCUT2D eigenvalue weighted by Gasteiger charge is -2.12. The van der Waals surface area contributed by atoms with Crippen LogP contribution >= 0.6 is 0 Å². The molecule has 1 N–H and O–H groups in total. The average molecular weight is 191 g/mol. The van der Waals surface area contributed by atoms with Gasteiger partial charge in [0, 0.05) is 5.56 Å². The number of hydrogen-bond donors (Lipinski definition) is 1. The van der Waals surface area contributed by atoms with Crippen molar-refractivity contribution in [3.8, 4) is 0 Å². The molecule has 2 aromatic rings. The molecule has 0 radical (unpaired) electrons. The molecular formula is C11H13NO2.